The first kappa shape index (κ1) is 29.4. The van der Waals surface area contributed by atoms with E-state index in [4.69, 9.17) is 14.2 Å². The fraction of sp³-hybridized carbons (Fsp3) is 0.533. The van der Waals surface area contributed by atoms with E-state index in [1.165, 1.54) is 0 Å². The number of nitrogens with zero attached hydrogens (tertiary/aromatic N) is 2. The van der Waals surface area contributed by atoms with E-state index in [0.29, 0.717) is 23.7 Å². The Morgan fingerprint density at radius 1 is 1.08 bits per heavy atom. The number of carbonyl (C=O) groups is 1. The first-order valence-electron chi connectivity index (χ1n) is 12.8. The number of ether oxygens (including phenoxy) is 3. The van der Waals surface area contributed by atoms with Crippen LogP contribution in [0.2, 0.25) is 0 Å². The Bertz CT molecular complexity index is 1010. The van der Waals surface area contributed by atoms with E-state index in [1.807, 2.05) is 43.3 Å². The fourth-order valence-electron chi connectivity index (χ4n) is 4.48. The summed E-state index contributed by atoms with van der Waals surface area (Å²) >= 11 is 0. The van der Waals surface area contributed by atoms with Crippen LogP contribution in [0.25, 0.3) is 0 Å². The number of hydrogen-bond acceptors (Lipinski definition) is 6. The van der Waals surface area contributed by atoms with Gasteiger partial charge in [-0.05, 0) is 74.5 Å². The smallest absolute Gasteiger partial charge is 0.188 e. The average molecular weight is 495 g/mol. The van der Waals surface area contributed by atoms with Crippen LogP contribution in [0.15, 0.2) is 42.5 Å². The van der Waals surface area contributed by atoms with Crippen molar-refractivity contribution in [2.45, 2.75) is 51.9 Å². The minimum absolute atomic E-state index is 0.0235. The highest BCUT2D eigenvalue weighted by atomic mass is 16.5. The number of hydrogen-bond donors (Lipinski definition) is 0. The van der Waals surface area contributed by atoms with E-state index in [0.717, 1.165) is 49.9 Å². The number of ketones is 1. The van der Waals surface area contributed by atoms with Gasteiger partial charge in [0.05, 0.1) is 25.7 Å². The molecule has 2 aromatic carbocycles. The van der Waals surface area contributed by atoms with Crippen LogP contribution >= 0.6 is 0 Å². The van der Waals surface area contributed by atoms with Gasteiger partial charge in [0.15, 0.2) is 17.3 Å². The summed E-state index contributed by atoms with van der Waals surface area (Å²) in [7, 11) is 5.34. The Hall–Kier alpha value is -2.88. The van der Waals surface area contributed by atoms with Crippen molar-refractivity contribution in [1.82, 2.24) is 4.90 Å². The molecule has 0 fully saturated rings. The molecule has 6 heteroatoms. The second kappa shape index (κ2) is 14.6. The zero-order valence-corrected chi connectivity index (χ0v) is 22.8. The maximum Gasteiger partial charge on any atom is 0.188 e. The molecule has 0 N–H and O–H groups in total. The predicted molar refractivity (Wildman–Crippen MR) is 144 cm³/mol. The Morgan fingerprint density at radius 3 is 2.47 bits per heavy atom. The highest BCUT2D eigenvalue weighted by Gasteiger charge is 2.36. The summed E-state index contributed by atoms with van der Waals surface area (Å²) in [5, 5.41) is 10.3. The lowest BCUT2D eigenvalue weighted by Crippen LogP contribution is -2.32. The molecule has 0 aliphatic rings. The van der Waals surface area contributed by atoms with Crippen LogP contribution in [-0.4, -0.2) is 58.3 Å². The molecule has 2 aromatic rings. The van der Waals surface area contributed by atoms with Crippen molar-refractivity contribution < 1.29 is 19.0 Å². The zero-order chi connectivity index (χ0) is 26.6. The number of rotatable bonds is 16. The Morgan fingerprint density at radius 2 is 1.83 bits per heavy atom. The molecule has 0 heterocycles. The number of likely N-dealkylation sites (N-methyl/N-ethyl adjacent to an activating group) is 1. The first-order chi connectivity index (χ1) is 17.3. The third-order valence-electron chi connectivity index (χ3n) is 6.81. The van der Waals surface area contributed by atoms with Crippen molar-refractivity contribution in [1.29, 1.82) is 5.26 Å². The molecular weight excluding hydrogens is 452 g/mol. The van der Waals surface area contributed by atoms with Crippen LogP contribution in [-0.2, 0) is 16.6 Å². The normalized spacial score (nSPS) is 12.9. The summed E-state index contributed by atoms with van der Waals surface area (Å²) < 4.78 is 16.3. The molecule has 0 aliphatic heterocycles. The van der Waals surface area contributed by atoms with Gasteiger partial charge in [-0.1, -0.05) is 45.0 Å². The van der Waals surface area contributed by atoms with E-state index in [1.54, 1.807) is 14.2 Å². The molecule has 1 unspecified atom stereocenters. The van der Waals surface area contributed by atoms with Gasteiger partial charge in [-0.25, -0.2) is 0 Å². The number of Topliss-reactive ketones (excluding diaryl/α,β-unsaturated/α-hetero) is 1. The zero-order valence-electron chi connectivity index (χ0n) is 22.8. The minimum atomic E-state index is -0.602. The molecular formula is C30H42N2O4. The molecule has 6 nitrogen and oxygen atoms in total. The average Bonchev–Trinajstić information content (AvgIpc) is 2.89. The predicted octanol–water partition coefficient (Wildman–Crippen LogP) is 5.69. The van der Waals surface area contributed by atoms with Crippen molar-refractivity contribution in [3.63, 3.8) is 0 Å². The molecule has 0 aliphatic carbocycles. The number of benzene rings is 2. The Labute approximate surface area is 217 Å². The van der Waals surface area contributed by atoms with Crippen molar-refractivity contribution in [2.75, 3.05) is 47.6 Å². The monoisotopic (exact) mass is 494 g/mol. The largest absolute Gasteiger partial charge is 0.493 e. The van der Waals surface area contributed by atoms with Gasteiger partial charge in [-0.3, -0.25) is 4.79 Å². The lowest BCUT2D eigenvalue weighted by Gasteiger charge is -2.32. The summed E-state index contributed by atoms with van der Waals surface area (Å²) in [6.45, 7) is 8.73. The van der Waals surface area contributed by atoms with E-state index in [9.17, 15) is 10.1 Å². The molecule has 0 aromatic heterocycles. The third kappa shape index (κ3) is 7.81. The first-order valence-corrected chi connectivity index (χ1v) is 12.8. The molecule has 0 amide bonds. The summed E-state index contributed by atoms with van der Waals surface area (Å²) in [5.41, 5.74) is 2.21. The van der Waals surface area contributed by atoms with E-state index < -0.39 is 5.41 Å². The summed E-state index contributed by atoms with van der Waals surface area (Å²) in [4.78, 5) is 14.6. The summed E-state index contributed by atoms with van der Waals surface area (Å²) in [5.74, 6) is 1.48. The quantitative estimate of drug-likeness (QED) is 0.221. The van der Waals surface area contributed by atoms with Crippen LogP contribution in [0, 0.1) is 17.2 Å². The molecule has 196 valence electrons. The third-order valence-corrected chi connectivity index (χ3v) is 6.81. The van der Waals surface area contributed by atoms with Gasteiger partial charge in [0, 0.05) is 18.7 Å². The van der Waals surface area contributed by atoms with Gasteiger partial charge >= 0.3 is 0 Å². The lowest BCUT2D eigenvalue weighted by atomic mass is 9.69. The Kier molecular flexibility index (Phi) is 11.9. The van der Waals surface area contributed by atoms with Crippen molar-refractivity contribution >= 4 is 5.78 Å². The maximum absolute atomic E-state index is 12.3. The van der Waals surface area contributed by atoms with Gasteiger partial charge < -0.3 is 19.1 Å². The van der Waals surface area contributed by atoms with Crippen molar-refractivity contribution in [2.24, 2.45) is 5.92 Å². The SMILES string of the molecule is CCCOCC(=O)c1cccc(CCN(C)CCCC(C#N)(c2ccc(OC)c(OC)c2)C(C)C)c1. The van der Waals surface area contributed by atoms with Gasteiger partial charge in [-0.2, -0.15) is 5.26 Å². The Balaban J connectivity index is 1.97. The molecule has 1 atom stereocenters. The lowest BCUT2D eigenvalue weighted by molar-refractivity contribution is 0.0761. The van der Waals surface area contributed by atoms with Gasteiger partial charge in [0.1, 0.15) is 6.61 Å². The second-order valence-electron chi connectivity index (χ2n) is 9.64. The van der Waals surface area contributed by atoms with E-state index >= 15 is 0 Å². The molecule has 0 saturated carbocycles. The molecule has 0 spiro atoms. The fourth-order valence-corrected chi connectivity index (χ4v) is 4.48. The number of nitriles is 1. The van der Waals surface area contributed by atoms with E-state index in [2.05, 4.69) is 37.9 Å². The minimum Gasteiger partial charge on any atom is -0.493 e. The standard InChI is InChI=1S/C30H42N2O4/c1-7-18-36-21-27(33)25-11-8-10-24(19-25)14-17-32(4)16-9-15-30(22-31,23(2)3)26-12-13-28(34-5)29(20-26)35-6/h8,10-13,19-20,23H,7,9,14-18,21H2,1-6H3. The molecule has 0 radical (unpaired) electrons. The topological polar surface area (TPSA) is 71.8 Å². The van der Waals surface area contributed by atoms with E-state index in [-0.39, 0.29) is 18.3 Å². The van der Waals surface area contributed by atoms with Crippen LogP contribution in [0.3, 0.4) is 0 Å². The number of carbonyl (C=O) groups excluding carboxylic acids is 1. The van der Waals surface area contributed by atoms with Crippen LogP contribution in [0.4, 0.5) is 0 Å². The summed E-state index contributed by atoms with van der Waals surface area (Å²) in [6, 6.07) is 16.3. The van der Waals surface area contributed by atoms with Crippen LogP contribution < -0.4 is 9.47 Å². The van der Waals surface area contributed by atoms with Crippen molar-refractivity contribution in [3.8, 4) is 17.6 Å². The maximum atomic E-state index is 12.3. The van der Waals surface area contributed by atoms with Crippen LogP contribution in [0.5, 0.6) is 11.5 Å². The summed E-state index contributed by atoms with van der Waals surface area (Å²) in [6.07, 6.45) is 3.41. The van der Waals surface area contributed by atoms with Gasteiger partial charge in [0.2, 0.25) is 0 Å². The molecule has 0 bridgehead atoms. The van der Waals surface area contributed by atoms with Crippen LogP contribution in [0.1, 0.15) is 61.5 Å². The molecule has 0 saturated heterocycles. The van der Waals surface area contributed by atoms with Gasteiger partial charge in [-0.15, -0.1) is 0 Å². The molecule has 36 heavy (non-hydrogen) atoms. The molecule has 2 rings (SSSR count). The number of methoxy groups -OCH3 is 2. The highest BCUT2D eigenvalue weighted by Crippen LogP contribution is 2.40. The highest BCUT2D eigenvalue weighted by molar-refractivity contribution is 5.97. The van der Waals surface area contributed by atoms with Crippen molar-refractivity contribution in [3.05, 3.63) is 59.2 Å². The van der Waals surface area contributed by atoms with Gasteiger partial charge in [0.25, 0.3) is 0 Å². The second-order valence-corrected chi connectivity index (χ2v) is 9.64.